The Kier molecular flexibility index (Phi) is 8.49. The van der Waals surface area contributed by atoms with Gasteiger partial charge in [0.05, 0.1) is 20.8 Å². The molecule has 0 saturated heterocycles. The number of nitrogens with one attached hydrogen (secondary N) is 2. The first kappa shape index (κ1) is 22.5. The first-order valence-corrected chi connectivity index (χ1v) is 9.14. The van der Waals surface area contributed by atoms with Crippen molar-refractivity contribution in [2.24, 2.45) is 0 Å². The van der Waals surface area contributed by atoms with E-state index in [-0.39, 0.29) is 5.56 Å². The molecule has 0 atom stereocenters. The molecule has 0 unspecified atom stereocenters. The second kappa shape index (κ2) is 11.3. The SMILES string of the molecule is CCOc1ccc(NC(=O)COC(=O)CNC(=O)c2cc(OC)cc(OC)c2)cc1. The number of rotatable bonds is 10. The Hall–Kier alpha value is -3.75. The van der Waals surface area contributed by atoms with Gasteiger partial charge < -0.3 is 29.6 Å². The van der Waals surface area contributed by atoms with Gasteiger partial charge in [0.15, 0.2) is 6.61 Å². The van der Waals surface area contributed by atoms with Crippen LogP contribution in [0.4, 0.5) is 5.69 Å². The predicted molar refractivity (Wildman–Crippen MR) is 109 cm³/mol. The highest BCUT2D eigenvalue weighted by molar-refractivity contribution is 5.97. The van der Waals surface area contributed by atoms with Crippen molar-refractivity contribution in [3.8, 4) is 17.2 Å². The van der Waals surface area contributed by atoms with Crippen molar-refractivity contribution < 1.29 is 33.3 Å². The fourth-order valence-corrected chi connectivity index (χ4v) is 2.39. The highest BCUT2D eigenvalue weighted by atomic mass is 16.5. The summed E-state index contributed by atoms with van der Waals surface area (Å²) in [7, 11) is 2.93. The van der Waals surface area contributed by atoms with Crippen LogP contribution in [0.3, 0.4) is 0 Å². The molecule has 0 heterocycles. The number of hydrogen-bond acceptors (Lipinski definition) is 7. The summed E-state index contributed by atoms with van der Waals surface area (Å²) in [6, 6.07) is 11.4. The lowest BCUT2D eigenvalue weighted by Crippen LogP contribution is -2.32. The van der Waals surface area contributed by atoms with E-state index >= 15 is 0 Å². The molecule has 0 aliphatic carbocycles. The highest BCUT2D eigenvalue weighted by Crippen LogP contribution is 2.22. The molecule has 30 heavy (non-hydrogen) atoms. The summed E-state index contributed by atoms with van der Waals surface area (Å²) in [5, 5.41) is 5.02. The second-order valence-corrected chi connectivity index (χ2v) is 5.95. The highest BCUT2D eigenvalue weighted by Gasteiger charge is 2.13. The maximum Gasteiger partial charge on any atom is 0.325 e. The van der Waals surface area contributed by atoms with Crippen LogP contribution in [0.5, 0.6) is 17.2 Å². The summed E-state index contributed by atoms with van der Waals surface area (Å²) < 4.78 is 20.4. The quantitative estimate of drug-likeness (QED) is 0.570. The lowest BCUT2D eigenvalue weighted by atomic mass is 10.2. The molecule has 160 valence electrons. The van der Waals surface area contributed by atoms with Gasteiger partial charge in [0.1, 0.15) is 23.8 Å². The fourth-order valence-electron chi connectivity index (χ4n) is 2.39. The maximum absolute atomic E-state index is 12.2. The van der Waals surface area contributed by atoms with Crippen LogP contribution in [0.2, 0.25) is 0 Å². The first-order chi connectivity index (χ1) is 14.4. The summed E-state index contributed by atoms with van der Waals surface area (Å²) in [5.41, 5.74) is 0.798. The fraction of sp³-hybridized carbons (Fsp3) is 0.286. The monoisotopic (exact) mass is 416 g/mol. The van der Waals surface area contributed by atoms with Crippen molar-refractivity contribution in [3.63, 3.8) is 0 Å². The van der Waals surface area contributed by atoms with E-state index in [4.69, 9.17) is 18.9 Å². The van der Waals surface area contributed by atoms with Gasteiger partial charge in [-0.2, -0.15) is 0 Å². The van der Waals surface area contributed by atoms with E-state index in [0.29, 0.717) is 29.5 Å². The third-order valence-electron chi connectivity index (χ3n) is 3.82. The molecule has 0 aliphatic rings. The van der Waals surface area contributed by atoms with E-state index < -0.39 is 30.9 Å². The summed E-state index contributed by atoms with van der Waals surface area (Å²) in [6.45, 7) is 1.55. The van der Waals surface area contributed by atoms with Gasteiger partial charge in [0.2, 0.25) is 0 Å². The Labute approximate surface area is 174 Å². The Balaban J connectivity index is 1.77. The number of carbonyl (C=O) groups is 3. The van der Waals surface area contributed by atoms with Gasteiger partial charge in [-0.1, -0.05) is 0 Å². The number of amides is 2. The summed E-state index contributed by atoms with van der Waals surface area (Å²) in [6.07, 6.45) is 0. The molecule has 2 N–H and O–H groups in total. The Morgan fingerprint density at radius 1 is 0.900 bits per heavy atom. The summed E-state index contributed by atoms with van der Waals surface area (Å²) in [5.74, 6) is -0.202. The number of ether oxygens (including phenoxy) is 4. The molecular formula is C21H24N2O7. The molecule has 9 heteroatoms. The lowest BCUT2D eigenvalue weighted by Gasteiger charge is -2.10. The second-order valence-electron chi connectivity index (χ2n) is 5.95. The zero-order valence-electron chi connectivity index (χ0n) is 17.0. The van der Waals surface area contributed by atoms with Gasteiger partial charge in [-0.3, -0.25) is 14.4 Å². The third kappa shape index (κ3) is 7.01. The predicted octanol–water partition coefficient (Wildman–Crippen LogP) is 2.01. The van der Waals surface area contributed by atoms with Crippen molar-refractivity contribution in [1.82, 2.24) is 5.32 Å². The maximum atomic E-state index is 12.2. The van der Waals surface area contributed by atoms with Crippen LogP contribution in [0.25, 0.3) is 0 Å². The first-order valence-electron chi connectivity index (χ1n) is 9.14. The molecule has 2 rings (SSSR count). The minimum absolute atomic E-state index is 0.257. The topological polar surface area (TPSA) is 112 Å². The Morgan fingerprint density at radius 3 is 2.10 bits per heavy atom. The van der Waals surface area contributed by atoms with Crippen LogP contribution >= 0.6 is 0 Å². The smallest absolute Gasteiger partial charge is 0.325 e. The van der Waals surface area contributed by atoms with Gasteiger partial charge in [-0.25, -0.2) is 0 Å². The van der Waals surface area contributed by atoms with Crippen LogP contribution in [-0.4, -0.2) is 51.8 Å². The van der Waals surface area contributed by atoms with E-state index in [1.165, 1.54) is 26.4 Å². The molecule has 9 nitrogen and oxygen atoms in total. The number of methoxy groups -OCH3 is 2. The molecule has 0 saturated carbocycles. The van der Waals surface area contributed by atoms with Gasteiger partial charge in [0, 0.05) is 17.3 Å². The van der Waals surface area contributed by atoms with E-state index in [1.54, 1.807) is 30.3 Å². The minimum Gasteiger partial charge on any atom is -0.497 e. The summed E-state index contributed by atoms with van der Waals surface area (Å²) >= 11 is 0. The van der Waals surface area contributed by atoms with Crippen molar-refractivity contribution in [3.05, 3.63) is 48.0 Å². The number of carbonyl (C=O) groups excluding carboxylic acids is 3. The average molecular weight is 416 g/mol. The standard InChI is InChI=1S/C21H24N2O7/c1-4-29-16-7-5-15(6-8-16)23-19(24)13-30-20(25)12-22-21(26)14-9-17(27-2)11-18(10-14)28-3/h5-11H,4,12-13H2,1-3H3,(H,22,26)(H,23,24). The van der Waals surface area contributed by atoms with E-state index in [1.807, 2.05) is 6.92 Å². The van der Waals surface area contributed by atoms with Crippen LogP contribution in [0.15, 0.2) is 42.5 Å². The number of hydrogen-bond donors (Lipinski definition) is 2. The molecule has 0 aromatic heterocycles. The van der Waals surface area contributed by atoms with Crippen molar-refractivity contribution in [2.45, 2.75) is 6.92 Å². The number of esters is 1. The molecule has 0 fully saturated rings. The van der Waals surface area contributed by atoms with Crippen molar-refractivity contribution in [1.29, 1.82) is 0 Å². The van der Waals surface area contributed by atoms with Crippen LogP contribution in [0.1, 0.15) is 17.3 Å². The molecular weight excluding hydrogens is 392 g/mol. The van der Waals surface area contributed by atoms with E-state index in [0.717, 1.165) is 0 Å². The minimum atomic E-state index is -0.750. The normalized spacial score (nSPS) is 9.97. The zero-order valence-corrected chi connectivity index (χ0v) is 17.0. The molecule has 2 aromatic carbocycles. The van der Waals surface area contributed by atoms with Gasteiger partial charge >= 0.3 is 5.97 Å². The molecule has 2 aromatic rings. The van der Waals surface area contributed by atoms with Crippen molar-refractivity contribution >= 4 is 23.5 Å². The average Bonchev–Trinajstić information content (AvgIpc) is 2.77. The van der Waals surface area contributed by atoms with Crippen LogP contribution in [-0.2, 0) is 14.3 Å². The third-order valence-corrected chi connectivity index (χ3v) is 3.82. The zero-order chi connectivity index (χ0) is 21.9. The van der Waals surface area contributed by atoms with Crippen molar-refractivity contribution in [2.75, 3.05) is 39.3 Å². The Morgan fingerprint density at radius 2 is 1.53 bits per heavy atom. The number of benzene rings is 2. The molecule has 0 bridgehead atoms. The number of anilines is 1. The molecule has 2 amide bonds. The largest absolute Gasteiger partial charge is 0.497 e. The van der Waals surface area contributed by atoms with Gasteiger partial charge in [0.25, 0.3) is 11.8 Å². The summed E-state index contributed by atoms with van der Waals surface area (Å²) in [4.78, 5) is 35.9. The van der Waals surface area contributed by atoms with E-state index in [2.05, 4.69) is 10.6 Å². The Bertz CT molecular complexity index is 859. The molecule has 0 radical (unpaired) electrons. The van der Waals surface area contributed by atoms with Gasteiger partial charge in [-0.15, -0.1) is 0 Å². The van der Waals surface area contributed by atoms with Gasteiger partial charge in [-0.05, 0) is 43.3 Å². The van der Waals surface area contributed by atoms with Crippen LogP contribution < -0.4 is 24.8 Å². The van der Waals surface area contributed by atoms with Crippen LogP contribution in [0, 0.1) is 0 Å². The lowest BCUT2D eigenvalue weighted by molar-refractivity contribution is -0.146. The molecule has 0 spiro atoms. The molecule has 0 aliphatic heterocycles. The van der Waals surface area contributed by atoms with E-state index in [9.17, 15) is 14.4 Å².